The Bertz CT molecular complexity index is 1150. The maximum atomic E-state index is 13.2. The fourth-order valence-corrected chi connectivity index (χ4v) is 3.56. The Labute approximate surface area is 174 Å². The van der Waals surface area contributed by atoms with Crippen molar-refractivity contribution in [1.82, 2.24) is 4.57 Å². The van der Waals surface area contributed by atoms with Gasteiger partial charge in [0.25, 0.3) is 0 Å². The van der Waals surface area contributed by atoms with Crippen LogP contribution in [0.15, 0.2) is 79.0 Å². The van der Waals surface area contributed by atoms with E-state index in [1.807, 2.05) is 61.7 Å². The number of anilines is 1. The molecule has 4 nitrogen and oxygen atoms in total. The van der Waals surface area contributed by atoms with Crippen molar-refractivity contribution in [2.24, 2.45) is 0 Å². The van der Waals surface area contributed by atoms with Crippen molar-refractivity contribution in [3.8, 4) is 5.75 Å². The zero-order chi connectivity index (χ0) is 20.9. The number of carbonyl (C=O) groups excluding carboxylic acids is 1. The molecule has 1 aromatic heterocycles. The number of nitrogens with zero attached hydrogens (tertiary/aromatic N) is 1. The minimum absolute atomic E-state index is 0.0798. The third kappa shape index (κ3) is 4.51. The number of fused-ring (bicyclic) bond motifs is 1. The number of aromatic nitrogens is 1. The predicted octanol–water partition coefficient (Wildman–Crippen LogP) is 5.41. The lowest BCUT2D eigenvalue weighted by molar-refractivity contribution is -0.115. The molecule has 0 bridgehead atoms. The molecule has 1 N–H and O–H groups in total. The van der Waals surface area contributed by atoms with Gasteiger partial charge < -0.3 is 14.6 Å². The van der Waals surface area contributed by atoms with Crippen molar-refractivity contribution in [3.63, 3.8) is 0 Å². The van der Waals surface area contributed by atoms with Gasteiger partial charge in [-0.15, -0.1) is 0 Å². The zero-order valence-corrected chi connectivity index (χ0v) is 16.8. The number of hydrogen-bond donors (Lipinski definition) is 1. The Balaban J connectivity index is 1.52. The summed E-state index contributed by atoms with van der Waals surface area (Å²) in [6, 6.07) is 21.8. The van der Waals surface area contributed by atoms with Gasteiger partial charge >= 0.3 is 0 Å². The lowest BCUT2D eigenvalue weighted by Crippen LogP contribution is -2.14. The van der Waals surface area contributed by atoms with E-state index < -0.39 is 0 Å². The number of halogens is 1. The fourth-order valence-electron chi connectivity index (χ4n) is 3.56. The van der Waals surface area contributed by atoms with E-state index in [-0.39, 0.29) is 18.1 Å². The third-order valence-corrected chi connectivity index (χ3v) is 4.94. The topological polar surface area (TPSA) is 43.3 Å². The maximum Gasteiger partial charge on any atom is 0.228 e. The summed E-state index contributed by atoms with van der Waals surface area (Å²) >= 11 is 0. The monoisotopic (exact) mass is 402 g/mol. The van der Waals surface area contributed by atoms with Crippen LogP contribution < -0.4 is 10.1 Å². The number of carbonyl (C=O) groups is 1. The molecule has 0 aliphatic heterocycles. The Morgan fingerprint density at radius 2 is 1.73 bits per heavy atom. The highest BCUT2D eigenvalue weighted by molar-refractivity contribution is 5.96. The molecule has 1 amide bonds. The minimum Gasteiger partial charge on any atom is -0.494 e. The second-order valence-electron chi connectivity index (χ2n) is 7.11. The lowest BCUT2D eigenvalue weighted by atomic mass is 10.1. The van der Waals surface area contributed by atoms with Gasteiger partial charge in [0.2, 0.25) is 5.91 Å². The highest BCUT2D eigenvalue weighted by atomic mass is 19.1. The molecule has 152 valence electrons. The third-order valence-electron chi connectivity index (χ3n) is 4.94. The number of rotatable bonds is 7. The van der Waals surface area contributed by atoms with Crippen LogP contribution in [0.3, 0.4) is 0 Å². The average Bonchev–Trinajstić information content (AvgIpc) is 3.08. The summed E-state index contributed by atoms with van der Waals surface area (Å²) in [6.45, 7) is 3.15. The summed E-state index contributed by atoms with van der Waals surface area (Å²) in [4.78, 5) is 12.6. The highest BCUT2D eigenvalue weighted by Gasteiger charge is 2.12. The number of amides is 1. The van der Waals surface area contributed by atoms with Gasteiger partial charge in [0.15, 0.2) is 0 Å². The van der Waals surface area contributed by atoms with Gasteiger partial charge in [0, 0.05) is 29.3 Å². The van der Waals surface area contributed by atoms with Crippen LogP contribution in [0, 0.1) is 5.82 Å². The molecule has 0 atom stereocenters. The molecular formula is C25H23FN2O2. The van der Waals surface area contributed by atoms with Crippen molar-refractivity contribution in [2.75, 3.05) is 11.9 Å². The van der Waals surface area contributed by atoms with E-state index in [1.54, 1.807) is 12.1 Å². The molecule has 4 aromatic rings. The maximum absolute atomic E-state index is 13.2. The molecule has 5 heteroatoms. The van der Waals surface area contributed by atoms with Crippen LogP contribution in [-0.4, -0.2) is 17.1 Å². The van der Waals surface area contributed by atoms with Crippen LogP contribution in [0.4, 0.5) is 10.1 Å². The van der Waals surface area contributed by atoms with Crippen molar-refractivity contribution in [1.29, 1.82) is 0 Å². The van der Waals surface area contributed by atoms with Crippen LogP contribution in [-0.2, 0) is 17.8 Å². The van der Waals surface area contributed by atoms with E-state index in [0.29, 0.717) is 13.2 Å². The molecule has 0 saturated carbocycles. The van der Waals surface area contributed by atoms with Crippen molar-refractivity contribution in [2.45, 2.75) is 19.9 Å². The average molecular weight is 402 g/mol. The number of para-hydroxylation sites is 1. The molecule has 0 aliphatic carbocycles. The van der Waals surface area contributed by atoms with Crippen LogP contribution in [0.5, 0.6) is 5.75 Å². The zero-order valence-electron chi connectivity index (χ0n) is 16.8. The van der Waals surface area contributed by atoms with Gasteiger partial charge in [-0.25, -0.2) is 4.39 Å². The largest absolute Gasteiger partial charge is 0.494 e. The molecule has 30 heavy (non-hydrogen) atoms. The van der Waals surface area contributed by atoms with E-state index >= 15 is 0 Å². The summed E-state index contributed by atoms with van der Waals surface area (Å²) in [5.41, 5.74) is 3.74. The number of benzene rings is 3. The predicted molar refractivity (Wildman–Crippen MR) is 117 cm³/mol. The normalized spacial score (nSPS) is 10.9. The second kappa shape index (κ2) is 8.82. The van der Waals surface area contributed by atoms with Crippen LogP contribution in [0.25, 0.3) is 10.9 Å². The Morgan fingerprint density at radius 1 is 1.00 bits per heavy atom. The summed E-state index contributed by atoms with van der Waals surface area (Å²) in [5, 5.41) is 3.99. The van der Waals surface area contributed by atoms with Crippen LogP contribution in [0.2, 0.25) is 0 Å². The van der Waals surface area contributed by atoms with E-state index in [2.05, 4.69) is 9.88 Å². The molecule has 0 fully saturated rings. The number of ether oxygens (including phenoxy) is 1. The van der Waals surface area contributed by atoms with E-state index in [1.165, 1.54) is 12.1 Å². The lowest BCUT2D eigenvalue weighted by Gasteiger charge is -2.07. The summed E-state index contributed by atoms with van der Waals surface area (Å²) < 4.78 is 20.7. The first-order valence-corrected chi connectivity index (χ1v) is 9.96. The minimum atomic E-state index is -0.247. The van der Waals surface area contributed by atoms with Gasteiger partial charge in [0.1, 0.15) is 11.6 Å². The first kappa shape index (κ1) is 19.7. The second-order valence-corrected chi connectivity index (χ2v) is 7.11. The first-order valence-electron chi connectivity index (χ1n) is 9.96. The Morgan fingerprint density at radius 3 is 2.47 bits per heavy atom. The fraction of sp³-hybridized carbons (Fsp3) is 0.160. The molecule has 0 spiro atoms. The van der Waals surface area contributed by atoms with E-state index in [4.69, 9.17) is 4.74 Å². The van der Waals surface area contributed by atoms with E-state index in [9.17, 15) is 9.18 Å². The Hall–Kier alpha value is -3.60. The van der Waals surface area contributed by atoms with Crippen molar-refractivity contribution in [3.05, 3.63) is 95.9 Å². The standard InChI is InChI=1S/C25H23FN2O2/c1-2-30-22-13-11-21(12-14-22)27-25(29)15-19-17-28(24-6-4-3-5-23(19)24)16-18-7-9-20(26)10-8-18/h3-14,17H,2,15-16H2,1H3,(H,27,29). The molecule has 0 aliphatic rings. The van der Waals surface area contributed by atoms with Crippen molar-refractivity contribution < 1.29 is 13.9 Å². The Kier molecular flexibility index (Phi) is 5.80. The molecule has 0 unspecified atom stereocenters. The molecule has 0 saturated heterocycles. The molecule has 3 aromatic carbocycles. The van der Waals surface area contributed by atoms with Gasteiger partial charge in [-0.05, 0) is 60.5 Å². The van der Waals surface area contributed by atoms with Gasteiger partial charge in [0.05, 0.1) is 13.0 Å². The number of nitrogens with one attached hydrogen (secondary N) is 1. The SMILES string of the molecule is CCOc1ccc(NC(=O)Cc2cn(Cc3ccc(F)cc3)c3ccccc23)cc1. The van der Waals surface area contributed by atoms with Gasteiger partial charge in [-0.2, -0.15) is 0 Å². The summed E-state index contributed by atoms with van der Waals surface area (Å²) in [5.74, 6) is 0.450. The smallest absolute Gasteiger partial charge is 0.228 e. The first-order chi connectivity index (χ1) is 14.6. The molecular weight excluding hydrogens is 379 g/mol. The summed E-state index contributed by atoms with van der Waals surface area (Å²) in [7, 11) is 0. The number of hydrogen-bond acceptors (Lipinski definition) is 2. The molecule has 1 heterocycles. The van der Waals surface area contributed by atoms with Crippen LogP contribution >= 0.6 is 0 Å². The van der Waals surface area contributed by atoms with Gasteiger partial charge in [-0.3, -0.25) is 4.79 Å². The van der Waals surface area contributed by atoms with Crippen LogP contribution in [0.1, 0.15) is 18.1 Å². The molecule has 4 rings (SSSR count). The van der Waals surface area contributed by atoms with Crippen molar-refractivity contribution >= 4 is 22.5 Å². The quantitative estimate of drug-likeness (QED) is 0.449. The van der Waals surface area contributed by atoms with Gasteiger partial charge in [-0.1, -0.05) is 30.3 Å². The highest BCUT2D eigenvalue weighted by Crippen LogP contribution is 2.24. The molecule has 0 radical (unpaired) electrons. The summed E-state index contributed by atoms with van der Waals surface area (Å²) in [6.07, 6.45) is 2.27. The van der Waals surface area contributed by atoms with E-state index in [0.717, 1.165) is 33.5 Å².